The maximum absolute atomic E-state index is 14.4. The molecule has 0 spiro atoms. The number of fused-ring (bicyclic) bond motifs is 4. The second-order valence-corrected chi connectivity index (χ2v) is 23.1. The van der Waals surface area contributed by atoms with Gasteiger partial charge in [0.05, 0.1) is 131 Å². The van der Waals surface area contributed by atoms with Crippen LogP contribution in [0.15, 0.2) is 72.9 Å². The number of benzene rings is 4. The number of aliphatic hydroxyl groups is 4. The van der Waals surface area contributed by atoms with E-state index in [1.54, 1.807) is 41.2 Å². The number of rotatable bonds is 38. The van der Waals surface area contributed by atoms with Crippen LogP contribution in [0.25, 0.3) is 21.7 Å². The van der Waals surface area contributed by atoms with Gasteiger partial charge in [0.15, 0.2) is 17.2 Å². The molecule has 6 N–H and O–H groups in total. The number of ether oxygens (including phenoxy) is 10. The Morgan fingerprint density at radius 3 is 2.04 bits per heavy atom. The normalized spacial score (nSPS) is 19.0. The Kier molecular flexibility index (Phi) is 25.3. The number of alkyl halides is 1. The summed E-state index contributed by atoms with van der Waals surface area (Å²) in [5, 5.41) is 61.5. The minimum Gasteiger partial charge on any atom is -0.508 e. The molecular formula is C61H76ClN7O23S. The molecule has 0 radical (unpaired) electrons. The predicted octanol–water partition coefficient (Wildman–Crippen LogP) is 2.07. The lowest BCUT2D eigenvalue weighted by molar-refractivity contribution is -0.277. The fourth-order valence-electron chi connectivity index (χ4n) is 10.4. The number of aromatic nitrogens is 4. The van der Waals surface area contributed by atoms with Gasteiger partial charge >= 0.3 is 10.4 Å². The molecule has 6 aromatic rings. The zero-order valence-electron chi connectivity index (χ0n) is 51.2. The zero-order valence-corrected chi connectivity index (χ0v) is 52.8. The van der Waals surface area contributed by atoms with Gasteiger partial charge in [-0.05, 0) is 71.6 Å². The number of hydrogen-bond donors (Lipinski definition) is 6. The molecule has 93 heavy (non-hydrogen) atoms. The third kappa shape index (κ3) is 18.5. The maximum Gasteiger partial charge on any atom is 0.501 e. The minimum atomic E-state index is -5.27. The molecule has 0 saturated carbocycles. The molecule has 32 heteroatoms. The summed E-state index contributed by atoms with van der Waals surface area (Å²) in [5.41, 5.74) is 2.23. The summed E-state index contributed by atoms with van der Waals surface area (Å²) in [6.45, 7) is 4.80. The van der Waals surface area contributed by atoms with Crippen molar-refractivity contribution < 1.29 is 109 Å². The Morgan fingerprint density at radius 2 is 1.38 bits per heavy atom. The van der Waals surface area contributed by atoms with E-state index >= 15 is 0 Å². The van der Waals surface area contributed by atoms with E-state index in [1.165, 1.54) is 53.1 Å². The maximum atomic E-state index is 14.4. The number of nitrogens with one attached hydrogen (secondary N) is 1. The lowest BCUT2D eigenvalue weighted by atomic mass is 9.95. The SMILES string of the molecule is COc1ccc2c(OS(=O)(=O)Oc3cc(C(=O)N(C)CCOCCn4cc(CCOCCOCCOCCOCCOCCOCCN5C(=O)CCC5=O)nn4)ccc3O[C@@H]3O[C@H](CO)[C@H](O)[C@H](O)C3O)cc3c(c2c1)[C@H](CCl)CN3C(=O)c1cc2cc(O)ccc2[nH]1. The minimum absolute atomic E-state index is 0.00115. The molecule has 506 valence electrons. The summed E-state index contributed by atoms with van der Waals surface area (Å²) in [6, 6.07) is 15.8. The first-order valence-electron chi connectivity index (χ1n) is 30.1. The van der Waals surface area contributed by atoms with E-state index in [0.29, 0.717) is 119 Å². The number of amides is 4. The Hall–Kier alpha value is -7.34. The molecule has 6 atom stereocenters. The summed E-state index contributed by atoms with van der Waals surface area (Å²) in [7, 11) is -2.32. The smallest absolute Gasteiger partial charge is 0.501 e. The first-order chi connectivity index (χ1) is 44.9. The number of aromatic hydroxyl groups is 1. The lowest BCUT2D eigenvalue weighted by Crippen LogP contribution is -2.60. The number of methoxy groups -OCH3 is 1. The van der Waals surface area contributed by atoms with E-state index in [-0.39, 0.29) is 104 Å². The van der Waals surface area contributed by atoms with Crippen LogP contribution >= 0.6 is 11.6 Å². The number of H-pyrrole nitrogens is 1. The second kappa shape index (κ2) is 33.7. The monoisotopic (exact) mass is 1340 g/mol. The van der Waals surface area contributed by atoms with Crippen LogP contribution in [0.3, 0.4) is 0 Å². The van der Waals surface area contributed by atoms with Crippen LogP contribution in [0.5, 0.6) is 28.7 Å². The molecule has 0 aliphatic carbocycles. The first-order valence-corrected chi connectivity index (χ1v) is 31.9. The van der Waals surface area contributed by atoms with Crippen molar-refractivity contribution in [1.29, 1.82) is 0 Å². The Bertz CT molecular complexity index is 3600. The Balaban J connectivity index is 0.729. The van der Waals surface area contributed by atoms with Crippen molar-refractivity contribution in [1.82, 2.24) is 29.8 Å². The number of nitrogens with zero attached hydrogens (tertiary/aromatic N) is 6. The Labute approximate surface area is 539 Å². The first kappa shape index (κ1) is 70.0. The van der Waals surface area contributed by atoms with Crippen molar-refractivity contribution in [2.75, 3.05) is 144 Å². The van der Waals surface area contributed by atoms with Gasteiger partial charge in [0, 0.05) is 85.3 Å². The van der Waals surface area contributed by atoms with Crippen molar-refractivity contribution in [2.24, 2.45) is 0 Å². The molecular weight excluding hydrogens is 1270 g/mol. The largest absolute Gasteiger partial charge is 0.508 e. The highest BCUT2D eigenvalue weighted by Gasteiger charge is 2.45. The van der Waals surface area contributed by atoms with Crippen LogP contribution in [0.2, 0.25) is 0 Å². The average molecular weight is 1340 g/mol. The van der Waals surface area contributed by atoms with Crippen molar-refractivity contribution >= 4 is 73.0 Å². The molecule has 4 aromatic carbocycles. The van der Waals surface area contributed by atoms with Crippen molar-refractivity contribution in [3.8, 4) is 28.7 Å². The number of likely N-dealkylation sites (tertiary alicyclic amines) is 1. The van der Waals surface area contributed by atoms with Crippen LogP contribution in [0, 0.1) is 0 Å². The van der Waals surface area contributed by atoms with Gasteiger partial charge in [0.1, 0.15) is 41.6 Å². The van der Waals surface area contributed by atoms with Gasteiger partial charge in [0.2, 0.25) is 18.1 Å². The van der Waals surface area contributed by atoms with Crippen molar-refractivity contribution in [3.63, 3.8) is 0 Å². The summed E-state index contributed by atoms with van der Waals surface area (Å²) in [5.74, 6) is -2.77. The summed E-state index contributed by atoms with van der Waals surface area (Å²) in [6.07, 6.45) is -5.94. The molecule has 3 aliphatic rings. The van der Waals surface area contributed by atoms with E-state index in [2.05, 4.69) is 15.3 Å². The number of phenolic OH excluding ortho intramolecular Hbond substituents is 1. The summed E-state index contributed by atoms with van der Waals surface area (Å²) >= 11 is 6.56. The van der Waals surface area contributed by atoms with Gasteiger partial charge in [-0.2, -0.15) is 0 Å². The highest BCUT2D eigenvalue weighted by atomic mass is 35.5. The fraction of sp³-hybridized carbons (Fsp3) is 0.508. The standard InChI is InChI=1S/C61H76ClN7O23S/c1-66(12-16-83-17-13-67-36-41(64-65-67)11-15-82-19-21-85-23-25-87-27-28-88-26-24-86-22-20-84-18-14-68-53(72)9-10-54(68)73)59(77)38-3-8-49(89-61-58(76)57(75)56(74)52(37-70)90-61)51(31-38)92-93(79,80)91-50-33-48-55(45-32-43(81-2)5-6-44(45)50)40(34-62)35-69(48)60(78)47-30-39-29-42(71)4-7-46(39)63-47/h3-8,29-33,36,40,52,56-58,61,63,70-71,74-76H,9-28,34-35,37H2,1-2H3/t40-,52-,56+,57+,58?,61-/m1/s1. The van der Waals surface area contributed by atoms with E-state index in [0.717, 1.165) is 12.1 Å². The second-order valence-electron chi connectivity index (χ2n) is 21.7. The van der Waals surface area contributed by atoms with Gasteiger partial charge < -0.3 is 96.1 Å². The van der Waals surface area contributed by atoms with Gasteiger partial charge in [-0.3, -0.25) is 24.1 Å². The van der Waals surface area contributed by atoms with Crippen molar-refractivity contribution in [2.45, 2.75) is 62.4 Å². The average Bonchev–Trinajstić information content (AvgIpc) is 1.66. The molecule has 1 unspecified atom stereocenters. The number of aliphatic hydroxyl groups excluding tert-OH is 4. The highest BCUT2D eigenvalue weighted by molar-refractivity contribution is 7.82. The number of carbonyl (C=O) groups excluding carboxylic acids is 4. The number of anilines is 1. The van der Waals surface area contributed by atoms with Crippen LogP contribution in [-0.2, 0) is 70.8 Å². The molecule has 3 aliphatic heterocycles. The third-order valence-corrected chi connectivity index (χ3v) is 16.4. The zero-order chi connectivity index (χ0) is 66.0. The summed E-state index contributed by atoms with van der Waals surface area (Å²) < 4.78 is 97.6. The molecule has 4 amide bonds. The quantitative estimate of drug-likeness (QED) is 0.0184. The third-order valence-electron chi connectivity index (χ3n) is 15.3. The van der Waals surface area contributed by atoms with E-state index in [9.17, 15) is 53.1 Å². The molecule has 0 bridgehead atoms. The predicted molar refractivity (Wildman–Crippen MR) is 329 cm³/mol. The van der Waals surface area contributed by atoms with E-state index in [4.69, 9.17) is 67.3 Å². The molecule has 5 heterocycles. The van der Waals surface area contributed by atoms with Gasteiger partial charge in [-0.15, -0.1) is 25.1 Å². The van der Waals surface area contributed by atoms with Crippen LogP contribution in [0.1, 0.15) is 50.9 Å². The topological polar surface area (TPSA) is 371 Å². The number of aromatic amines is 1. The van der Waals surface area contributed by atoms with E-state index < -0.39 is 76.9 Å². The number of halogens is 1. The molecule has 9 rings (SSSR count). The number of imide groups is 1. The Morgan fingerprint density at radius 1 is 0.731 bits per heavy atom. The fourth-order valence-corrected chi connectivity index (χ4v) is 11.4. The number of likely N-dealkylation sites (N-methyl/N-ethyl adjacent to an activating group) is 1. The molecule has 30 nitrogen and oxygen atoms in total. The number of carbonyl (C=O) groups is 4. The molecule has 2 aromatic heterocycles. The molecule has 2 fully saturated rings. The molecule has 2 saturated heterocycles. The van der Waals surface area contributed by atoms with Crippen molar-refractivity contribution in [3.05, 3.63) is 95.4 Å². The number of hydrogen-bond acceptors (Lipinski definition) is 25. The van der Waals surface area contributed by atoms with Crippen LogP contribution < -0.4 is 22.7 Å². The van der Waals surface area contributed by atoms with Gasteiger partial charge in [-0.25, -0.2) is 4.68 Å². The summed E-state index contributed by atoms with van der Waals surface area (Å²) in [4.78, 5) is 58.6. The highest BCUT2D eigenvalue weighted by Crippen LogP contribution is 2.48. The van der Waals surface area contributed by atoms with Gasteiger partial charge in [-0.1, -0.05) is 5.21 Å². The number of phenols is 1. The van der Waals surface area contributed by atoms with Crippen LogP contribution in [-0.4, -0.2) is 257 Å². The van der Waals surface area contributed by atoms with Gasteiger partial charge in [0.25, 0.3) is 11.8 Å². The van der Waals surface area contributed by atoms with E-state index in [1.807, 2.05) is 0 Å². The lowest BCUT2D eigenvalue weighted by Gasteiger charge is -2.39. The van der Waals surface area contributed by atoms with Crippen LogP contribution in [0.4, 0.5) is 5.69 Å².